The summed E-state index contributed by atoms with van der Waals surface area (Å²) in [5.41, 5.74) is 3.54. The van der Waals surface area contributed by atoms with E-state index in [9.17, 15) is 9.59 Å². The number of hydrogen-bond acceptors (Lipinski definition) is 4. The van der Waals surface area contributed by atoms with Crippen molar-refractivity contribution in [3.05, 3.63) is 59.7 Å². The molecular formula is C20H23N3O3. The van der Waals surface area contributed by atoms with E-state index >= 15 is 0 Å². The molecule has 1 heterocycles. The summed E-state index contributed by atoms with van der Waals surface area (Å²) in [7, 11) is 1.34. The number of methoxy groups -OCH3 is 1. The fraction of sp³-hybridized carbons (Fsp3) is 0.300. The third kappa shape index (κ3) is 4.14. The summed E-state index contributed by atoms with van der Waals surface area (Å²) in [4.78, 5) is 28.0. The number of carbonyl (C=O) groups is 2. The number of piperazine rings is 1. The van der Waals surface area contributed by atoms with Crippen LogP contribution < -0.4 is 10.2 Å². The van der Waals surface area contributed by atoms with Crippen molar-refractivity contribution in [1.29, 1.82) is 0 Å². The molecule has 1 saturated heterocycles. The van der Waals surface area contributed by atoms with E-state index < -0.39 is 5.97 Å². The van der Waals surface area contributed by atoms with E-state index in [-0.39, 0.29) is 6.03 Å². The number of anilines is 2. The van der Waals surface area contributed by atoms with Crippen LogP contribution in [-0.4, -0.2) is 50.2 Å². The maximum absolute atomic E-state index is 12.4. The van der Waals surface area contributed by atoms with Crippen molar-refractivity contribution >= 4 is 23.4 Å². The fourth-order valence-electron chi connectivity index (χ4n) is 3.00. The maximum atomic E-state index is 12.4. The first-order valence-corrected chi connectivity index (χ1v) is 8.63. The summed E-state index contributed by atoms with van der Waals surface area (Å²) >= 11 is 0. The highest BCUT2D eigenvalue weighted by Gasteiger charge is 2.21. The van der Waals surface area contributed by atoms with Crippen molar-refractivity contribution in [2.75, 3.05) is 43.5 Å². The zero-order valence-electron chi connectivity index (χ0n) is 15.1. The molecule has 2 aromatic carbocycles. The number of carbonyl (C=O) groups excluding carboxylic acids is 2. The van der Waals surface area contributed by atoms with Gasteiger partial charge in [0.2, 0.25) is 0 Å². The predicted octanol–water partition coefficient (Wildman–Crippen LogP) is 3.14. The van der Waals surface area contributed by atoms with Gasteiger partial charge in [-0.15, -0.1) is 0 Å². The molecule has 2 amide bonds. The minimum absolute atomic E-state index is 0.125. The highest BCUT2D eigenvalue weighted by molar-refractivity contribution is 5.92. The second-order valence-corrected chi connectivity index (χ2v) is 6.31. The van der Waals surface area contributed by atoms with Gasteiger partial charge in [-0.2, -0.15) is 0 Å². The first kappa shape index (κ1) is 17.8. The Morgan fingerprint density at radius 3 is 2.31 bits per heavy atom. The van der Waals surface area contributed by atoms with Crippen LogP contribution in [0.15, 0.2) is 48.5 Å². The van der Waals surface area contributed by atoms with Gasteiger partial charge in [0, 0.05) is 37.6 Å². The lowest BCUT2D eigenvalue weighted by molar-refractivity contribution is 0.0600. The Morgan fingerprint density at radius 2 is 1.69 bits per heavy atom. The lowest BCUT2D eigenvalue weighted by Gasteiger charge is -2.36. The Kier molecular flexibility index (Phi) is 5.41. The molecule has 2 aromatic rings. The Bertz CT molecular complexity index is 781. The lowest BCUT2D eigenvalue weighted by Crippen LogP contribution is -2.50. The highest BCUT2D eigenvalue weighted by Crippen LogP contribution is 2.18. The molecule has 6 nitrogen and oxygen atoms in total. The largest absolute Gasteiger partial charge is 0.465 e. The molecule has 3 rings (SSSR count). The van der Waals surface area contributed by atoms with E-state index in [0.717, 1.165) is 13.1 Å². The number of aryl methyl sites for hydroxylation is 1. The Balaban J connectivity index is 1.54. The van der Waals surface area contributed by atoms with Crippen LogP contribution in [0.2, 0.25) is 0 Å². The summed E-state index contributed by atoms with van der Waals surface area (Å²) in [5.74, 6) is -0.393. The molecule has 1 N–H and O–H groups in total. The number of amides is 2. The van der Waals surface area contributed by atoms with Gasteiger partial charge in [-0.05, 0) is 48.9 Å². The third-order valence-corrected chi connectivity index (χ3v) is 4.49. The van der Waals surface area contributed by atoms with Gasteiger partial charge in [-0.1, -0.05) is 12.1 Å². The number of hydrogen-bond donors (Lipinski definition) is 1. The Hall–Kier alpha value is -3.02. The van der Waals surface area contributed by atoms with Crippen LogP contribution in [0.25, 0.3) is 0 Å². The van der Waals surface area contributed by atoms with Gasteiger partial charge >= 0.3 is 12.0 Å². The minimum Gasteiger partial charge on any atom is -0.465 e. The number of nitrogens with zero attached hydrogens (tertiary/aromatic N) is 2. The highest BCUT2D eigenvalue weighted by atomic mass is 16.5. The van der Waals surface area contributed by atoms with Crippen molar-refractivity contribution in [3.63, 3.8) is 0 Å². The molecule has 0 aromatic heterocycles. The summed E-state index contributed by atoms with van der Waals surface area (Å²) in [6.45, 7) is 5.02. The number of esters is 1. The first-order valence-electron chi connectivity index (χ1n) is 8.63. The van der Waals surface area contributed by atoms with Gasteiger partial charge in [0.15, 0.2) is 0 Å². The normalized spacial score (nSPS) is 14.1. The standard InChI is InChI=1S/C20H23N3O3/c1-15-4-3-5-18(14-15)22-10-12-23(13-11-22)20(25)21-17-8-6-16(7-9-17)19(24)26-2/h3-9,14H,10-13H2,1-2H3,(H,21,25). The average molecular weight is 353 g/mol. The molecule has 0 spiro atoms. The van der Waals surface area contributed by atoms with E-state index in [1.807, 2.05) is 0 Å². The molecule has 0 saturated carbocycles. The molecule has 0 radical (unpaired) electrons. The van der Waals surface area contributed by atoms with E-state index in [2.05, 4.69) is 46.1 Å². The number of rotatable bonds is 3. The zero-order valence-corrected chi connectivity index (χ0v) is 15.1. The Labute approximate surface area is 153 Å². The van der Waals surface area contributed by atoms with Crippen molar-refractivity contribution < 1.29 is 14.3 Å². The van der Waals surface area contributed by atoms with E-state index in [1.165, 1.54) is 18.4 Å². The van der Waals surface area contributed by atoms with Crippen LogP contribution in [0.3, 0.4) is 0 Å². The molecule has 0 atom stereocenters. The van der Waals surface area contributed by atoms with E-state index in [1.54, 1.807) is 29.2 Å². The number of benzene rings is 2. The van der Waals surface area contributed by atoms with Gasteiger partial charge in [-0.25, -0.2) is 9.59 Å². The van der Waals surface area contributed by atoms with E-state index in [4.69, 9.17) is 0 Å². The van der Waals surface area contributed by atoms with Crippen LogP contribution >= 0.6 is 0 Å². The Morgan fingerprint density at radius 1 is 1.00 bits per heavy atom. The van der Waals surface area contributed by atoms with Crippen molar-refractivity contribution in [2.45, 2.75) is 6.92 Å². The van der Waals surface area contributed by atoms with Crippen LogP contribution in [-0.2, 0) is 4.74 Å². The summed E-state index contributed by atoms with van der Waals surface area (Å²) < 4.78 is 4.67. The summed E-state index contributed by atoms with van der Waals surface area (Å²) in [6, 6.07) is 15.0. The lowest BCUT2D eigenvalue weighted by atomic mass is 10.2. The number of urea groups is 1. The van der Waals surface area contributed by atoms with Gasteiger partial charge in [-0.3, -0.25) is 0 Å². The second-order valence-electron chi connectivity index (χ2n) is 6.31. The van der Waals surface area contributed by atoms with Gasteiger partial charge in [0.25, 0.3) is 0 Å². The predicted molar refractivity (Wildman–Crippen MR) is 102 cm³/mol. The quantitative estimate of drug-likeness (QED) is 0.861. The smallest absolute Gasteiger partial charge is 0.337 e. The van der Waals surface area contributed by atoms with Gasteiger partial charge < -0.3 is 19.9 Å². The first-order chi connectivity index (χ1) is 12.6. The molecular weight excluding hydrogens is 330 g/mol. The molecule has 26 heavy (non-hydrogen) atoms. The fourth-order valence-corrected chi connectivity index (χ4v) is 3.00. The van der Waals surface area contributed by atoms with Crippen molar-refractivity contribution in [1.82, 2.24) is 4.90 Å². The number of nitrogens with one attached hydrogen (secondary N) is 1. The summed E-state index contributed by atoms with van der Waals surface area (Å²) in [6.07, 6.45) is 0. The van der Waals surface area contributed by atoms with Crippen molar-refractivity contribution in [2.24, 2.45) is 0 Å². The molecule has 0 bridgehead atoms. The molecule has 0 unspecified atom stereocenters. The third-order valence-electron chi connectivity index (χ3n) is 4.49. The van der Waals surface area contributed by atoms with Crippen LogP contribution in [0.4, 0.5) is 16.2 Å². The molecule has 1 fully saturated rings. The second kappa shape index (κ2) is 7.91. The van der Waals surface area contributed by atoms with Crippen molar-refractivity contribution in [3.8, 4) is 0 Å². The molecule has 6 heteroatoms. The monoisotopic (exact) mass is 353 g/mol. The zero-order chi connectivity index (χ0) is 18.5. The molecule has 1 aliphatic rings. The van der Waals surface area contributed by atoms with Gasteiger partial charge in [0.1, 0.15) is 0 Å². The molecule has 1 aliphatic heterocycles. The molecule has 0 aliphatic carbocycles. The maximum Gasteiger partial charge on any atom is 0.337 e. The molecule has 136 valence electrons. The minimum atomic E-state index is -0.393. The SMILES string of the molecule is COC(=O)c1ccc(NC(=O)N2CCN(c3cccc(C)c3)CC2)cc1. The van der Waals surface area contributed by atoms with E-state index in [0.29, 0.717) is 24.3 Å². The van der Waals surface area contributed by atoms with Crippen LogP contribution in [0.5, 0.6) is 0 Å². The topological polar surface area (TPSA) is 61.9 Å². The van der Waals surface area contributed by atoms with Gasteiger partial charge in [0.05, 0.1) is 12.7 Å². The number of ether oxygens (including phenoxy) is 1. The van der Waals surface area contributed by atoms with Crippen LogP contribution in [0.1, 0.15) is 15.9 Å². The average Bonchev–Trinajstić information content (AvgIpc) is 2.68. The van der Waals surface area contributed by atoms with Crippen LogP contribution in [0, 0.1) is 6.92 Å². The summed E-state index contributed by atoms with van der Waals surface area (Å²) in [5, 5.41) is 2.88.